The van der Waals surface area contributed by atoms with E-state index in [0.717, 1.165) is 63.1 Å². The molecule has 0 heterocycles. The Hall–Kier alpha value is -2.39. The fraction of sp³-hybridized carbons (Fsp3) is 0.524. The van der Waals surface area contributed by atoms with E-state index in [1.54, 1.807) is 6.92 Å². The van der Waals surface area contributed by atoms with Gasteiger partial charge in [0.25, 0.3) is 10.1 Å². The molecule has 0 spiro atoms. The molecule has 9 heteroatoms. The predicted octanol–water partition coefficient (Wildman–Crippen LogP) is 4.04. The van der Waals surface area contributed by atoms with Crippen LogP contribution in [0, 0.1) is 0 Å². The molecule has 30 heavy (non-hydrogen) atoms. The van der Waals surface area contributed by atoms with Crippen LogP contribution in [0.5, 0.6) is 5.75 Å². The first kappa shape index (κ1) is 25.6. The van der Waals surface area contributed by atoms with Crippen molar-refractivity contribution in [1.82, 2.24) is 0 Å². The number of carbonyl (C=O) groups excluding carboxylic acids is 2. The number of hydrogen-bond donors (Lipinski definition) is 2. The summed E-state index contributed by atoms with van der Waals surface area (Å²) in [5.41, 5.74) is 0.100. The minimum atomic E-state index is -4.47. The number of unbranched alkanes of at least 4 members (excludes halogenated alkanes) is 7. The molecule has 0 saturated heterocycles. The Morgan fingerprint density at radius 3 is 1.93 bits per heavy atom. The average Bonchev–Trinajstić information content (AvgIpc) is 2.67. The van der Waals surface area contributed by atoms with Crippen molar-refractivity contribution in [2.24, 2.45) is 0 Å². The fourth-order valence-electron chi connectivity index (χ4n) is 2.63. The minimum absolute atomic E-state index is 0.155. The van der Waals surface area contributed by atoms with E-state index in [4.69, 9.17) is 14.0 Å². The van der Waals surface area contributed by atoms with Gasteiger partial charge in [0, 0.05) is 5.57 Å². The zero-order valence-corrected chi connectivity index (χ0v) is 18.1. The topological polar surface area (TPSA) is 127 Å². The molecule has 1 rings (SSSR count). The smallest absolute Gasteiger partial charge is 0.341 e. The Balaban J connectivity index is 2.11. The van der Waals surface area contributed by atoms with E-state index in [0.29, 0.717) is 18.6 Å². The Bertz CT molecular complexity index is 829. The molecule has 0 saturated carbocycles. The molecule has 0 aromatic heterocycles. The van der Waals surface area contributed by atoms with Crippen LogP contribution in [0.4, 0.5) is 0 Å². The molecule has 168 valence electrons. The van der Waals surface area contributed by atoms with Crippen LogP contribution >= 0.6 is 0 Å². The van der Waals surface area contributed by atoms with Crippen LogP contribution in [-0.2, 0) is 24.4 Å². The highest BCUT2D eigenvalue weighted by molar-refractivity contribution is 7.85. The van der Waals surface area contributed by atoms with E-state index in [-0.39, 0.29) is 18.1 Å². The van der Waals surface area contributed by atoms with Gasteiger partial charge >= 0.3 is 11.9 Å². The summed E-state index contributed by atoms with van der Waals surface area (Å²) in [5, 5.41) is 9.69. The van der Waals surface area contributed by atoms with Gasteiger partial charge in [-0.25, -0.2) is 9.59 Å². The van der Waals surface area contributed by atoms with Crippen LogP contribution in [0.15, 0.2) is 35.2 Å². The molecule has 0 atom stereocenters. The maximum atomic E-state index is 12.0. The minimum Gasteiger partial charge on any atom is -0.507 e. The largest absolute Gasteiger partial charge is 0.507 e. The Morgan fingerprint density at radius 2 is 1.43 bits per heavy atom. The highest BCUT2D eigenvalue weighted by Gasteiger charge is 2.18. The van der Waals surface area contributed by atoms with Gasteiger partial charge in [-0.2, -0.15) is 8.42 Å². The lowest BCUT2D eigenvalue weighted by atomic mass is 10.1. The van der Waals surface area contributed by atoms with Gasteiger partial charge in [0.05, 0.1) is 18.1 Å². The van der Waals surface area contributed by atoms with Crippen molar-refractivity contribution in [2.45, 2.75) is 63.2 Å². The normalized spacial score (nSPS) is 11.1. The maximum absolute atomic E-state index is 12.0. The van der Waals surface area contributed by atoms with E-state index in [2.05, 4.69) is 6.58 Å². The quantitative estimate of drug-likeness (QED) is 0.191. The number of ether oxygens (including phenoxy) is 2. The molecule has 0 amide bonds. The number of hydrogen-bond acceptors (Lipinski definition) is 7. The SMILES string of the molecule is C=C(C)C(=O)OCCCCCCCCCCOC(=O)c1cc(S(=O)(=O)O)ccc1O. The van der Waals surface area contributed by atoms with E-state index in [1.807, 2.05) is 0 Å². The van der Waals surface area contributed by atoms with E-state index < -0.39 is 26.7 Å². The summed E-state index contributed by atoms with van der Waals surface area (Å²) in [5.74, 6) is -1.61. The number of aromatic hydroxyl groups is 1. The lowest BCUT2D eigenvalue weighted by Crippen LogP contribution is -2.08. The van der Waals surface area contributed by atoms with Crippen molar-refractivity contribution in [3.8, 4) is 5.75 Å². The van der Waals surface area contributed by atoms with E-state index >= 15 is 0 Å². The molecular formula is C21H30O8S. The van der Waals surface area contributed by atoms with Gasteiger partial charge in [-0.05, 0) is 38.0 Å². The molecule has 0 aliphatic rings. The van der Waals surface area contributed by atoms with Crippen molar-refractivity contribution in [3.63, 3.8) is 0 Å². The van der Waals surface area contributed by atoms with Crippen LogP contribution in [0.2, 0.25) is 0 Å². The summed E-state index contributed by atoms with van der Waals surface area (Å²) in [6, 6.07) is 2.90. The van der Waals surface area contributed by atoms with Crippen LogP contribution < -0.4 is 0 Å². The lowest BCUT2D eigenvalue weighted by Gasteiger charge is -2.08. The summed E-state index contributed by atoms with van der Waals surface area (Å²) in [6.45, 7) is 5.71. The molecule has 0 fully saturated rings. The zero-order valence-electron chi connectivity index (χ0n) is 17.3. The summed E-state index contributed by atoms with van der Waals surface area (Å²) >= 11 is 0. The Labute approximate surface area is 177 Å². The molecule has 0 unspecified atom stereocenters. The number of rotatable bonds is 14. The number of esters is 2. The number of carbonyl (C=O) groups is 2. The predicted molar refractivity (Wildman–Crippen MR) is 111 cm³/mol. The van der Waals surface area contributed by atoms with Gasteiger partial charge in [0.2, 0.25) is 0 Å². The van der Waals surface area contributed by atoms with Gasteiger partial charge in [0.1, 0.15) is 11.3 Å². The molecule has 2 N–H and O–H groups in total. The first-order valence-corrected chi connectivity index (χ1v) is 11.4. The maximum Gasteiger partial charge on any atom is 0.341 e. The molecule has 0 aliphatic carbocycles. The third kappa shape index (κ3) is 9.89. The van der Waals surface area contributed by atoms with E-state index in [9.17, 15) is 23.1 Å². The monoisotopic (exact) mass is 442 g/mol. The fourth-order valence-corrected chi connectivity index (χ4v) is 3.14. The summed E-state index contributed by atoms with van der Waals surface area (Å²) < 4.78 is 41.4. The second-order valence-electron chi connectivity index (χ2n) is 7.03. The molecule has 0 radical (unpaired) electrons. The molecule has 1 aromatic carbocycles. The number of benzene rings is 1. The molecule has 0 bridgehead atoms. The second kappa shape index (κ2) is 13.0. The number of phenolic OH excluding ortho intramolecular Hbond substituents is 1. The summed E-state index contributed by atoms with van der Waals surface area (Å²) in [7, 11) is -4.47. The van der Waals surface area contributed by atoms with Crippen LogP contribution in [0.1, 0.15) is 68.6 Å². The second-order valence-corrected chi connectivity index (χ2v) is 8.46. The van der Waals surface area contributed by atoms with E-state index in [1.165, 1.54) is 0 Å². The molecule has 1 aromatic rings. The van der Waals surface area contributed by atoms with Crippen molar-refractivity contribution in [2.75, 3.05) is 13.2 Å². The van der Waals surface area contributed by atoms with Crippen molar-refractivity contribution >= 4 is 22.1 Å². The van der Waals surface area contributed by atoms with Crippen LogP contribution in [-0.4, -0.2) is 43.2 Å². The molecular weight excluding hydrogens is 412 g/mol. The Morgan fingerprint density at radius 1 is 0.933 bits per heavy atom. The molecule has 8 nitrogen and oxygen atoms in total. The van der Waals surface area contributed by atoms with Gasteiger partial charge in [-0.15, -0.1) is 0 Å². The average molecular weight is 443 g/mol. The van der Waals surface area contributed by atoms with Crippen molar-refractivity contribution in [3.05, 3.63) is 35.9 Å². The van der Waals surface area contributed by atoms with Crippen LogP contribution in [0.3, 0.4) is 0 Å². The highest BCUT2D eigenvalue weighted by Crippen LogP contribution is 2.22. The third-order valence-corrected chi connectivity index (χ3v) is 5.19. The Kier molecular flexibility index (Phi) is 11.1. The first-order chi connectivity index (χ1) is 14.1. The van der Waals surface area contributed by atoms with Gasteiger partial charge in [0.15, 0.2) is 0 Å². The highest BCUT2D eigenvalue weighted by atomic mass is 32.2. The standard InChI is InChI=1S/C21H30O8S/c1-16(2)20(23)28-13-9-7-5-3-4-6-8-10-14-29-21(24)18-15-17(30(25,26)27)11-12-19(18)22/h11-12,15,22H,1,3-10,13-14H2,2H3,(H,25,26,27). The van der Waals surface area contributed by atoms with Gasteiger partial charge in [-0.1, -0.05) is 45.1 Å². The first-order valence-electron chi connectivity index (χ1n) is 9.93. The lowest BCUT2D eigenvalue weighted by molar-refractivity contribution is -0.139. The molecule has 0 aliphatic heterocycles. The summed E-state index contributed by atoms with van der Waals surface area (Å²) in [6.07, 6.45) is 7.53. The zero-order chi connectivity index (χ0) is 22.6. The van der Waals surface area contributed by atoms with Gasteiger partial charge in [-0.3, -0.25) is 4.55 Å². The van der Waals surface area contributed by atoms with Crippen molar-refractivity contribution < 1.29 is 37.1 Å². The number of phenols is 1. The van der Waals surface area contributed by atoms with Gasteiger partial charge < -0.3 is 14.6 Å². The third-order valence-electron chi connectivity index (χ3n) is 4.34. The van der Waals surface area contributed by atoms with Crippen molar-refractivity contribution in [1.29, 1.82) is 0 Å². The summed E-state index contributed by atoms with van der Waals surface area (Å²) in [4.78, 5) is 22.7. The van der Waals surface area contributed by atoms with Crippen LogP contribution in [0.25, 0.3) is 0 Å².